The van der Waals surface area contributed by atoms with Crippen LogP contribution in [0.15, 0.2) is 0 Å². The van der Waals surface area contributed by atoms with Crippen molar-refractivity contribution in [3.05, 3.63) is 0 Å². The standard InChI is InChI=1S/C23H34N4O14/c1-9(20(36)26-12(19(24)35)4-5-16(32)33)25-21(37)10(2)41-18(17(34)14(30)8-29)13(7-28)27-15(31)6-11(22(27)38)23(39)40-3/h7,9-14,17-18,29-30,34H,4-6,8H2,1-3H3,(H2,24,35)(H,25,37)(H,26,36)(H,32,33)/t9?,10?,11?,12?,13-,14+,17+,18+/m0/s1. The molecule has 0 spiro atoms. The summed E-state index contributed by atoms with van der Waals surface area (Å²) in [5.41, 5.74) is 5.16. The number of carboxylic acids is 1. The fourth-order valence-electron chi connectivity index (χ4n) is 3.81. The summed E-state index contributed by atoms with van der Waals surface area (Å²) in [6.07, 6.45) is -9.21. The van der Waals surface area contributed by atoms with E-state index in [1.54, 1.807) is 0 Å². The zero-order valence-electron chi connectivity index (χ0n) is 22.4. The molecule has 1 aliphatic heterocycles. The van der Waals surface area contributed by atoms with Crippen LogP contribution in [0, 0.1) is 5.92 Å². The maximum atomic E-state index is 12.8. The van der Waals surface area contributed by atoms with Crippen LogP contribution in [0.3, 0.4) is 0 Å². The molecule has 18 heteroatoms. The summed E-state index contributed by atoms with van der Waals surface area (Å²) in [6, 6.07) is -4.68. The Hall–Kier alpha value is -4.00. The smallest absolute Gasteiger partial charge is 0.318 e. The van der Waals surface area contributed by atoms with Gasteiger partial charge in [0.15, 0.2) is 0 Å². The highest BCUT2D eigenvalue weighted by Crippen LogP contribution is 2.26. The minimum atomic E-state index is -2.14. The van der Waals surface area contributed by atoms with Gasteiger partial charge < -0.3 is 51.1 Å². The second kappa shape index (κ2) is 15.7. The molecule has 4 unspecified atom stereocenters. The molecule has 1 heterocycles. The molecule has 0 aromatic carbocycles. The van der Waals surface area contributed by atoms with E-state index in [-0.39, 0.29) is 12.7 Å². The molecule has 18 nitrogen and oxygen atoms in total. The number of carbonyl (C=O) groups excluding carboxylic acids is 7. The fraction of sp³-hybridized carbons (Fsp3) is 0.652. The predicted molar refractivity (Wildman–Crippen MR) is 131 cm³/mol. The molecule has 0 bridgehead atoms. The van der Waals surface area contributed by atoms with Gasteiger partial charge in [-0.2, -0.15) is 0 Å². The third-order valence-corrected chi connectivity index (χ3v) is 6.15. The minimum Gasteiger partial charge on any atom is -0.481 e. The van der Waals surface area contributed by atoms with Crippen molar-refractivity contribution in [2.75, 3.05) is 13.7 Å². The van der Waals surface area contributed by atoms with Crippen molar-refractivity contribution < 1.29 is 68.3 Å². The van der Waals surface area contributed by atoms with E-state index in [1.807, 2.05) is 0 Å². The molecule has 41 heavy (non-hydrogen) atoms. The van der Waals surface area contributed by atoms with Gasteiger partial charge in [-0.25, -0.2) is 0 Å². The Balaban J connectivity index is 3.10. The summed E-state index contributed by atoms with van der Waals surface area (Å²) in [5.74, 6) is -9.06. The van der Waals surface area contributed by atoms with Crippen LogP contribution in [-0.2, 0) is 47.8 Å². The second-order valence-electron chi connectivity index (χ2n) is 9.12. The number of carboxylic acid groups (broad SMARTS) is 1. The first-order chi connectivity index (χ1) is 19.1. The van der Waals surface area contributed by atoms with Gasteiger partial charge in [0.05, 0.1) is 13.7 Å². The maximum Gasteiger partial charge on any atom is 0.318 e. The van der Waals surface area contributed by atoms with Gasteiger partial charge in [0.25, 0.3) is 0 Å². The Labute approximate surface area is 233 Å². The van der Waals surface area contributed by atoms with Gasteiger partial charge in [0.1, 0.15) is 54.7 Å². The molecule has 0 radical (unpaired) electrons. The first kappa shape index (κ1) is 35.0. The number of esters is 1. The van der Waals surface area contributed by atoms with Crippen molar-refractivity contribution in [2.24, 2.45) is 11.7 Å². The number of imide groups is 1. The molecule has 1 aliphatic rings. The van der Waals surface area contributed by atoms with E-state index in [0.717, 1.165) is 14.0 Å². The number of hydrogen-bond donors (Lipinski definition) is 7. The number of nitrogens with two attached hydrogens (primary N) is 1. The lowest BCUT2D eigenvalue weighted by Crippen LogP contribution is -2.58. The summed E-state index contributed by atoms with van der Waals surface area (Å²) >= 11 is 0. The van der Waals surface area contributed by atoms with Gasteiger partial charge in [-0.1, -0.05) is 0 Å². The number of amides is 5. The lowest BCUT2D eigenvalue weighted by Gasteiger charge is -2.35. The van der Waals surface area contributed by atoms with Crippen LogP contribution in [0.25, 0.3) is 0 Å². The normalized spacial score (nSPS) is 20.1. The zero-order valence-corrected chi connectivity index (χ0v) is 22.4. The Morgan fingerprint density at radius 1 is 1.12 bits per heavy atom. The third kappa shape index (κ3) is 9.27. The molecule has 1 fully saturated rings. The van der Waals surface area contributed by atoms with Crippen LogP contribution >= 0.6 is 0 Å². The molecular formula is C23H34N4O14. The first-order valence-electron chi connectivity index (χ1n) is 12.2. The SMILES string of the molecule is COC(=O)C1CC(=O)N([C@@H](C=O)[C@@H](OC(C)C(=O)NC(C)C(=O)NC(CCC(=O)O)C(N)=O)[C@H](O)[C@H](O)CO)C1=O. The van der Waals surface area contributed by atoms with E-state index in [0.29, 0.717) is 4.90 Å². The number of nitrogens with zero attached hydrogens (tertiary/aromatic N) is 1. The number of aldehydes is 1. The lowest BCUT2D eigenvalue weighted by atomic mass is 10.00. The topological polar surface area (TPSA) is 289 Å². The number of primary amides is 1. The number of aliphatic carboxylic acids is 1. The van der Waals surface area contributed by atoms with Gasteiger partial charge in [0, 0.05) is 12.8 Å². The molecule has 8 N–H and O–H groups in total. The van der Waals surface area contributed by atoms with Crippen LogP contribution in [0.2, 0.25) is 0 Å². The molecule has 0 saturated carbocycles. The summed E-state index contributed by atoms with van der Waals surface area (Å²) < 4.78 is 9.92. The molecule has 1 saturated heterocycles. The van der Waals surface area contributed by atoms with Crippen molar-refractivity contribution in [3.63, 3.8) is 0 Å². The molecule has 8 atom stereocenters. The number of methoxy groups -OCH3 is 1. The summed E-state index contributed by atoms with van der Waals surface area (Å²) in [5, 5.41) is 43.0. The van der Waals surface area contributed by atoms with Crippen LogP contribution in [0.4, 0.5) is 0 Å². The molecular weight excluding hydrogens is 556 g/mol. The average molecular weight is 591 g/mol. The van der Waals surface area contributed by atoms with Crippen LogP contribution < -0.4 is 16.4 Å². The summed E-state index contributed by atoms with van der Waals surface area (Å²) in [7, 11) is 0.971. The van der Waals surface area contributed by atoms with Crippen molar-refractivity contribution in [1.82, 2.24) is 15.5 Å². The molecule has 230 valence electrons. The van der Waals surface area contributed by atoms with Crippen molar-refractivity contribution in [2.45, 2.75) is 75.7 Å². The lowest BCUT2D eigenvalue weighted by molar-refractivity contribution is -0.170. The van der Waals surface area contributed by atoms with Crippen molar-refractivity contribution in [3.8, 4) is 0 Å². The Kier molecular flexibility index (Phi) is 13.4. The number of hydrogen-bond acceptors (Lipinski definition) is 13. The van der Waals surface area contributed by atoms with E-state index < -0.39 is 109 Å². The number of likely N-dealkylation sites (tertiary alicyclic amines) is 1. The number of rotatable bonds is 17. The Morgan fingerprint density at radius 3 is 2.22 bits per heavy atom. The van der Waals surface area contributed by atoms with Gasteiger partial charge in [-0.3, -0.25) is 38.5 Å². The quantitative estimate of drug-likeness (QED) is 0.0361. The fourth-order valence-corrected chi connectivity index (χ4v) is 3.81. The van der Waals surface area contributed by atoms with E-state index >= 15 is 0 Å². The third-order valence-electron chi connectivity index (χ3n) is 6.15. The Morgan fingerprint density at radius 2 is 1.73 bits per heavy atom. The van der Waals surface area contributed by atoms with Gasteiger partial charge in [0.2, 0.25) is 29.5 Å². The molecule has 0 aromatic rings. The van der Waals surface area contributed by atoms with E-state index in [4.69, 9.17) is 15.6 Å². The number of nitrogens with one attached hydrogen (secondary N) is 2. The number of aliphatic hydroxyl groups is 3. The van der Waals surface area contributed by atoms with E-state index in [1.165, 1.54) is 6.92 Å². The van der Waals surface area contributed by atoms with Gasteiger partial charge >= 0.3 is 11.9 Å². The van der Waals surface area contributed by atoms with Crippen LogP contribution in [0.1, 0.15) is 33.1 Å². The zero-order chi connectivity index (χ0) is 31.6. The Bertz CT molecular complexity index is 1040. The summed E-state index contributed by atoms with van der Waals surface area (Å²) in [4.78, 5) is 97.0. The molecule has 0 aliphatic carbocycles. The largest absolute Gasteiger partial charge is 0.481 e. The maximum absolute atomic E-state index is 12.8. The number of carbonyl (C=O) groups is 8. The highest BCUT2D eigenvalue weighted by Gasteiger charge is 2.51. The van der Waals surface area contributed by atoms with Gasteiger partial charge in [-0.15, -0.1) is 0 Å². The van der Waals surface area contributed by atoms with E-state index in [2.05, 4.69) is 15.4 Å². The second-order valence-corrected chi connectivity index (χ2v) is 9.12. The van der Waals surface area contributed by atoms with Crippen molar-refractivity contribution >= 4 is 47.8 Å². The highest BCUT2D eigenvalue weighted by molar-refractivity contribution is 6.13. The van der Waals surface area contributed by atoms with E-state index in [9.17, 15) is 53.7 Å². The minimum absolute atomic E-state index is 0.00916. The number of ether oxygens (including phenoxy) is 2. The molecule has 1 rings (SSSR count). The predicted octanol–water partition coefficient (Wildman–Crippen LogP) is -5.07. The average Bonchev–Trinajstić information content (AvgIpc) is 3.22. The van der Waals surface area contributed by atoms with Crippen molar-refractivity contribution in [1.29, 1.82) is 0 Å². The highest BCUT2D eigenvalue weighted by atomic mass is 16.5. The summed E-state index contributed by atoms with van der Waals surface area (Å²) in [6.45, 7) is 1.23. The van der Waals surface area contributed by atoms with Gasteiger partial charge in [-0.05, 0) is 20.3 Å². The molecule has 5 amide bonds. The first-order valence-corrected chi connectivity index (χ1v) is 12.2. The monoisotopic (exact) mass is 590 g/mol. The van der Waals surface area contributed by atoms with Crippen LogP contribution in [-0.4, -0.2) is 129 Å². The molecule has 0 aromatic heterocycles. The number of aliphatic hydroxyl groups excluding tert-OH is 3. The van der Waals surface area contributed by atoms with Crippen LogP contribution in [0.5, 0.6) is 0 Å².